The quantitative estimate of drug-likeness (QED) is 0.805. The summed E-state index contributed by atoms with van der Waals surface area (Å²) in [5, 5.41) is -0.603. The summed E-state index contributed by atoms with van der Waals surface area (Å²) >= 11 is 0. The maximum absolute atomic E-state index is 13.0. The maximum atomic E-state index is 13.0. The summed E-state index contributed by atoms with van der Waals surface area (Å²) in [5.74, 6) is -0.443. The molecule has 2 unspecified atom stereocenters. The zero-order valence-electron chi connectivity index (χ0n) is 8.98. The second-order valence-corrected chi connectivity index (χ2v) is 6.22. The van der Waals surface area contributed by atoms with Gasteiger partial charge in [-0.1, -0.05) is 13.3 Å². The van der Waals surface area contributed by atoms with Gasteiger partial charge in [0.15, 0.2) is 9.84 Å². The minimum atomic E-state index is -3.37. The SMILES string of the molecule is CCCC1C(N)c2cc(F)ccc2S1(=O)=O. The van der Waals surface area contributed by atoms with Gasteiger partial charge in [0.2, 0.25) is 0 Å². The predicted molar refractivity (Wildman–Crippen MR) is 59.2 cm³/mol. The number of hydrogen-bond acceptors (Lipinski definition) is 3. The summed E-state index contributed by atoms with van der Waals surface area (Å²) in [6, 6.07) is 3.11. The highest BCUT2D eigenvalue weighted by Gasteiger charge is 2.42. The lowest BCUT2D eigenvalue weighted by atomic mass is 10.0. The fraction of sp³-hybridized carbons (Fsp3) is 0.455. The largest absolute Gasteiger partial charge is 0.323 e. The van der Waals surface area contributed by atoms with Crippen LogP contribution in [0, 0.1) is 5.82 Å². The molecule has 16 heavy (non-hydrogen) atoms. The van der Waals surface area contributed by atoms with E-state index in [4.69, 9.17) is 5.73 Å². The molecule has 0 fully saturated rings. The van der Waals surface area contributed by atoms with E-state index in [1.807, 2.05) is 6.92 Å². The van der Waals surface area contributed by atoms with Crippen molar-refractivity contribution in [2.24, 2.45) is 5.73 Å². The molecule has 88 valence electrons. The third-order valence-corrected chi connectivity index (χ3v) is 5.32. The lowest BCUT2D eigenvalue weighted by Gasteiger charge is -2.13. The van der Waals surface area contributed by atoms with Crippen LogP contribution in [0.15, 0.2) is 23.1 Å². The van der Waals surface area contributed by atoms with Crippen LogP contribution in [0.3, 0.4) is 0 Å². The third kappa shape index (κ3) is 1.55. The van der Waals surface area contributed by atoms with Gasteiger partial charge in [0, 0.05) is 6.04 Å². The second-order valence-electron chi connectivity index (χ2n) is 4.08. The van der Waals surface area contributed by atoms with Crippen molar-refractivity contribution >= 4 is 9.84 Å². The van der Waals surface area contributed by atoms with Crippen molar-refractivity contribution in [1.82, 2.24) is 0 Å². The first-order valence-corrected chi connectivity index (χ1v) is 6.82. The Bertz CT molecular complexity index is 513. The molecule has 0 saturated heterocycles. The lowest BCUT2D eigenvalue weighted by molar-refractivity contribution is 0.554. The monoisotopic (exact) mass is 243 g/mol. The zero-order valence-corrected chi connectivity index (χ0v) is 9.80. The molecule has 0 aromatic heterocycles. The van der Waals surface area contributed by atoms with E-state index >= 15 is 0 Å². The highest BCUT2D eigenvalue weighted by atomic mass is 32.2. The van der Waals surface area contributed by atoms with E-state index in [2.05, 4.69) is 0 Å². The minimum Gasteiger partial charge on any atom is -0.323 e. The van der Waals surface area contributed by atoms with Gasteiger partial charge < -0.3 is 5.73 Å². The Labute approximate surface area is 94.4 Å². The van der Waals surface area contributed by atoms with Crippen LogP contribution in [0.1, 0.15) is 31.4 Å². The molecule has 2 atom stereocenters. The summed E-state index contributed by atoms with van der Waals surface area (Å²) in [6.45, 7) is 1.91. The van der Waals surface area contributed by atoms with Gasteiger partial charge in [-0.15, -0.1) is 0 Å². The van der Waals surface area contributed by atoms with E-state index in [9.17, 15) is 12.8 Å². The molecule has 0 saturated carbocycles. The molecule has 2 N–H and O–H groups in total. The standard InChI is InChI=1S/C11H14FNO2S/c1-2-3-10-11(13)8-6-7(12)4-5-9(8)16(10,14)15/h4-6,10-11H,2-3,13H2,1H3. The van der Waals surface area contributed by atoms with Gasteiger partial charge in [-0.25, -0.2) is 12.8 Å². The molecule has 0 amide bonds. The van der Waals surface area contributed by atoms with Crippen LogP contribution in [-0.4, -0.2) is 13.7 Å². The first-order chi connectivity index (χ1) is 7.48. The van der Waals surface area contributed by atoms with Gasteiger partial charge in [-0.05, 0) is 30.2 Å². The summed E-state index contributed by atoms with van der Waals surface area (Å²) in [6.07, 6.45) is 1.26. The molecule has 2 rings (SSSR count). The summed E-state index contributed by atoms with van der Waals surface area (Å²) in [4.78, 5) is 0.194. The van der Waals surface area contributed by atoms with Gasteiger partial charge in [0.25, 0.3) is 0 Å². The molecule has 3 nitrogen and oxygen atoms in total. The Morgan fingerprint density at radius 3 is 2.75 bits per heavy atom. The molecule has 0 aliphatic carbocycles. The van der Waals surface area contributed by atoms with Gasteiger partial charge in [-0.3, -0.25) is 0 Å². The van der Waals surface area contributed by atoms with Crippen molar-refractivity contribution < 1.29 is 12.8 Å². The molecule has 0 bridgehead atoms. The van der Waals surface area contributed by atoms with Crippen LogP contribution >= 0.6 is 0 Å². The van der Waals surface area contributed by atoms with Crippen molar-refractivity contribution in [3.63, 3.8) is 0 Å². The van der Waals surface area contributed by atoms with E-state index in [1.54, 1.807) is 0 Å². The molecule has 1 heterocycles. The van der Waals surface area contributed by atoms with Crippen LogP contribution in [0.4, 0.5) is 4.39 Å². The number of nitrogens with two attached hydrogens (primary N) is 1. The van der Waals surface area contributed by atoms with E-state index in [0.29, 0.717) is 12.0 Å². The Morgan fingerprint density at radius 1 is 1.44 bits per heavy atom. The van der Waals surface area contributed by atoms with Crippen molar-refractivity contribution in [2.75, 3.05) is 0 Å². The summed E-state index contributed by atoms with van der Waals surface area (Å²) in [7, 11) is -3.37. The molecule has 0 radical (unpaired) electrons. The Hall–Kier alpha value is -0.940. The average Bonchev–Trinajstić information content (AvgIpc) is 2.40. The Balaban J connectivity index is 2.57. The maximum Gasteiger partial charge on any atom is 0.183 e. The van der Waals surface area contributed by atoms with Crippen LogP contribution < -0.4 is 5.73 Å². The smallest absolute Gasteiger partial charge is 0.183 e. The molecule has 5 heteroatoms. The van der Waals surface area contributed by atoms with Crippen molar-refractivity contribution in [3.8, 4) is 0 Å². The summed E-state index contributed by atoms with van der Waals surface area (Å²) in [5.41, 5.74) is 6.29. The zero-order chi connectivity index (χ0) is 11.9. The van der Waals surface area contributed by atoms with Crippen molar-refractivity contribution in [2.45, 2.75) is 36.0 Å². The highest BCUT2D eigenvalue weighted by molar-refractivity contribution is 7.92. The molecule has 1 aliphatic heterocycles. The van der Waals surface area contributed by atoms with Gasteiger partial charge >= 0.3 is 0 Å². The number of hydrogen-bond donors (Lipinski definition) is 1. The molecule has 1 aromatic carbocycles. The van der Waals surface area contributed by atoms with Gasteiger partial charge in [0.05, 0.1) is 10.1 Å². The van der Waals surface area contributed by atoms with E-state index < -0.39 is 26.9 Å². The molecule has 1 aliphatic rings. The molecular weight excluding hydrogens is 229 g/mol. The molecule has 0 spiro atoms. The third-order valence-electron chi connectivity index (χ3n) is 3.01. The van der Waals surface area contributed by atoms with Crippen molar-refractivity contribution in [3.05, 3.63) is 29.6 Å². The lowest BCUT2D eigenvalue weighted by Crippen LogP contribution is -2.26. The minimum absolute atomic E-state index is 0.194. The number of sulfone groups is 1. The van der Waals surface area contributed by atoms with Gasteiger partial charge in [-0.2, -0.15) is 0 Å². The Kier molecular flexibility index (Phi) is 2.75. The van der Waals surface area contributed by atoms with Crippen molar-refractivity contribution in [1.29, 1.82) is 0 Å². The fourth-order valence-electron chi connectivity index (χ4n) is 2.21. The van der Waals surface area contributed by atoms with E-state index in [-0.39, 0.29) is 4.90 Å². The number of halogens is 1. The topological polar surface area (TPSA) is 60.2 Å². The first kappa shape index (κ1) is 11.5. The average molecular weight is 243 g/mol. The first-order valence-electron chi connectivity index (χ1n) is 5.27. The Morgan fingerprint density at radius 2 is 2.12 bits per heavy atom. The number of fused-ring (bicyclic) bond motifs is 1. The fourth-order valence-corrected chi connectivity index (χ4v) is 4.40. The van der Waals surface area contributed by atoms with Crippen LogP contribution in [0.25, 0.3) is 0 Å². The number of benzene rings is 1. The van der Waals surface area contributed by atoms with Crippen LogP contribution in [0.2, 0.25) is 0 Å². The normalized spacial score (nSPS) is 26.7. The van der Waals surface area contributed by atoms with E-state index in [1.165, 1.54) is 12.1 Å². The van der Waals surface area contributed by atoms with E-state index in [0.717, 1.165) is 12.5 Å². The molecule has 1 aromatic rings. The number of rotatable bonds is 2. The highest BCUT2D eigenvalue weighted by Crippen LogP contribution is 2.39. The summed E-state index contributed by atoms with van der Waals surface area (Å²) < 4.78 is 37.2. The molecular formula is C11H14FNO2S. The predicted octanol–water partition coefficient (Wildman–Crippen LogP) is 1.78. The van der Waals surface area contributed by atoms with Crippen LogP contribution in [0.5, 0.6) is 0 Å². The second kappa shape index (κ2) is 3.82. The van der Waals surface area contributed by atoms with Crippen LogP contribution in [-0.2, 0) is 9.84 Å². The van der Waals surface area contributed by atoms with Gasteiger partial charge in [0.1, 0.15) is 5.82 Å².